The maximum atomic E-state index is 5.50. The lowest BCUT2D eigenvalue weighted by atomic mass is 10.3. The van der Waals surface area contributed by atoms with Crippen molar-refractivity contribution in [1.82, 2.24) is 9.97 Å². The Balaban J connectivity index is 0.000000845. The number of thiazole rings is 1. The summed E-state index contributed by atoms with van der Waals surface area (Å²) in [5.41, 5.74) is 6.56. The minimum Gasteiger partial charge on any atom is -0.375 e. The highest BCUT2D eigenvalue weighted by Crippen LogP contribution is 2.25. The first-order chi connectivity index (χ1) is 5.86. The van der Waals surface area contributed by atoms with Gasteiger partial charge in [-0.05, 0) is 6.07 Å². The second-order valence-electron chi connectivity index (χ2n) is 2.30. The van der Waals surface area contributed by atoms with Crippen molar-refractivity contribution in [3.63, 3.8) is 0 Å². The van der Waals surface area contributed by atoms with Crippen LogP contribution in [0.2, 0.25) is 0 Å². The van der Waals surface area contributed by atoms with Crippen LogP contribution in [0.4, 0.5) is 5.13 Å². The van der Waals surface area contributed by atoms with Crippen molar-refractivity contribution < 1.29 is 0 Å². The van der Waals surface area contributed by atoms with E-state index in [2.05, 4.69) is 9.97 Å². The molecule has 0 aliphatic heterocycles. The number of nitrogen functional groups attached to an aromatic ring is 1. The van der Waals surface area contributed by atoms with Gasteiger partial charge in [0.1, 0.15) is 0 Å². The highest BCUT2D eigenvalue weighted by Gasteiger charge is 2.00. The number of anilines is 1. The zero-order chi connectivity index (χ0) is 8.39. The summed E-state index contributed by atoms with van der Waals surface area (Å²) in [4.78, 5) is 9.03. The van der Waals surface area contributed by atoms with Crippen molar-refractivity contribution in [2.75, 3.05) is 5.73 Å². The number of nitrogens with two attached hydrogens (primary N) is 1. The van der Waals surface area contributed by atoms with Crippen LogP contribution >= 0.6 is 23.7 Å². The van der Waals surface area contributed by atoms with Gasteiger partial charge in [0.25, 0.3) is 0 Å². The minimum absolute atomic E-state index is 0. The Morgan fingerprint density at radius 1 is 1.31 bits per heavy atom. The van der Waals surface area contributed by atoms with Crippen LogP contribution in [0, 0.1) is 0 Å². The van der Waals surface area contributed by atoms with Gasteiger partial charge in [-0.3, -0.25) is 4.98 Å². The number of nitrogens with zero attached hydrogens (tertiary/aromatic N) is 2. The van der Waals surface area contributed by atoms with Crippen molar-refractivity contribution in [1.29, 1.82) is 0 Å². The Kier molecular flexibility index (Phi) is 3.22. The summed E-state index contributed by atoms with van der Waals surface area (Å²) in [7, 11) is 0. The largest absolute Gasteiger partial charge is 0.375 e. The van der Waals surface area contributed by atoms with Crippen molar-refractivity contribution in [2.45, 2.75) is 0 Å². The van der Waals surface area contributed by atoms with E-state index in [9.17, 15) is 0 Å². The minimum atomic E-state index is 0. The Morgan fingerprint density at radius 2 is 2.15 bits per heavy atom. The molecule has 0 atom stereocenters. The summed E-state index contributed by atoms with van der Waals surface area (Å²) >= 11 is 1.47. The van der Waals surface area contributed by atoms with Crippen LogP contribution < -0.4 is 5.73 Å². The number of hydrogen-bond acceptors (Lipinski definition) is 4. The van der Waals surface area contributed by atoms with E-state index in [1.807, 2.05) is 12.1 Å². The van der Waals surface area contributed by atoms with Gasteiger partial charge in [0.15, 0.2) is 5.13 Å². The number of rotatable bonds is 1. The maximum absolute atomic E-state index is 5.50. The lowest BCUT2D eigenvalue weighted by Crippen LogP contribution is -1.77. The van der Waals surface area contributed by atoms with Crippen molar-refractivity contribution >= 4 is 28.9 Å². The van der Waals surface area contributed by atoms with E-state index in [1.54, 1.807) is 18.6 Å². The van der Waals surface area contributed by atoms with Crippen LogP contribution in [0.15, 0.2) is 30.7 Å². The van der Waals surface area contributed by atoms with Gasteiger partial charge in [-0.1, -0.05) is 17.4 Å². The summed E-state index contributed by atoms with van der Waals surface area (Å²) in [5, 5.41) is 0.592. The predicted octanol–water partition coefficient (Wildman–Crippen LogP) is 2.21. The third kappa shape index (κ3) is 2.17. The van der Waals surface area contributed by atoms with Crippen LogP contribution in [0.5, 0.6) is 0 Å². The molecule has 2 aromatic rings. The SMILES string of the molecule is Cl.Nc1ncc(-c2cccnc2)s1. The molecule has 0 spiro atoms. The topological polar surface area (TPSA) is 51.8 Å². The van der Waals surface area contributed by atoms with Gasteiger partial charge in [-0.25, -0.2) is 4.98 Å². The molecule has 0 amide bonds. The fourth-order valence-electron chi connectivity index (χ4n) is 0.930. The standard InChI is InChI=1S/C8H7N3S.ClH/c9-8-11-5-7(12-8)6-2-1-3-10-4-6;/h1-5H,(H2,9,11);1H. The molecular formula is C8H8ClN3S. The molecule has 3 nitrogen and oxygen atoms in total. The van der Waals surface area contributed by atoms with Crippen molar-refractivity contribution in [2.24, 2.45) is 0 Å². The van der Waals surface area contributed by atoms with Crippen LogP contribution in [0.1, 0.15) is 0 Å². The predicted molar refractivity (Wildman–Crippen MR) is 57.0 cm³/mol. The Morgan fingerprint density at radius 3 is 2.69 bits per heavy atom. The average Bonchev–Trinajstić information content (AvgIpc) is 2.54. The Labute approximate surface area is 86.1 Å². The second-order valence-corrected chi connectivity index (χ2v) is 3.37. The van der Waals surface area contributed by atoms with E-state index in [4.69, 9.17) is 5.73 Å². The van der Waals surface area contributed by atoms with E-state index >= 15 is 0 Å². The molecule has 0 radical (unpaired) electrons. The number of aromatic nitrogens is 2. The summed E-state index contributed by atoms with van der Waals surface area (Å²) in [6.45, 7) is 0. The lowest BCUT2D eigenvalue weighted by Gasteiger charge is -1.91. The van der Waals surface area contributed by atoms with Gasteiger partial charge in [-0.2, -0.15) is 0 Å². The molecule has 0 aliphatic rings. The van der Waals surface area contributed by atoms with Gasteiger partial charge in [-0.15, -0.1) is 12.4 Å². The fraction of sp³-hybridized carbons (Fsp3) is 0. The normalized spacial score (nSPS) is 9.23. The molecule has 0 saturated heterocycles. The second kappa shape index (κ2) is 4.20. The highest BCUT2D eigenvalue weighted by molar-refractivity contribution is 7.18. The van der Waals surface area contributed by atoms with Crippen LogP contribution in [-0.4, -0.2) is 9.97 Å². The fourth-order valence-corrected chi connectivity index (χ4v) is 1.60. The number of pyridine rings is 1. The molecule has 5 heteroatoms. The Bertz CT molecular complexity index is 374. The molecule has 13 heavy (non-hydrogen) atoms. The van der Waals surface area contributed by atoms with Crippen LogP contribution in [0.3, 0.4) is 0 Å². The van der Waals surface area contributed by atoms with Crippen molar-refractivity contribution in [3.8, 4) is 10.4 Å². The van der Waals surface area contributed by atoms with Gasteiger partial charge in [0.05, 0.1) is 4.88 Å². The van der Waals surface area contributed by atoms with E-state index in [0.29, 0.717) is 5.13 Å². The monoisotopic (exact) mass is 213 g/mol. The molecule has 0 aliphatic carbocycles. The summed E-state index contributed by atoms with van der Waals surface area (Å²) in [6, 6.07) is 3.88. The molecule has 2 aromatic heterocycles. The first-order valence-corrected chi connectivity index (χ1v) is 4.29. The third-order valence-corrected chi connectivity index (χ3v) is 2.35. The van der Waals surface area contributed by atoms with Gasteiger partial charge < -0.3 is 5.73 Å². The van der Waals surface area contributed by atoms with E-state index < -0.39 is 0 Å². The van der Waals surface area contributed by atoms with E-state index in [1.165, 1.54) is 11.3 Å². The van der Waals surface area contributed by atoms with E-state index in [0.717, 1.165) is 10.4 Å². The summed E-state index contributed by atoms with van der Waals surface area (Å²) < 4.78 is 0. The Hall–Kier alpha value is -1.13. The molecule has 0 aromatic carbocycles. The first kappa shape index (κ1) is 9.95. The molecule has 0 bridgehead atoms. The average molecular weight is 214 g/mol. The summed E-state index contributed by atoms with van der Waals surface area (Å²) in [5.74, 6) is 0. The van der Waals surface area contributed by atoms with Crippen LogP contribution in [0.25, 0.3) is 10.4 Å². The van der Waals surface area contributed by atoms with Gasteiger partial charge >= 0.3 is 0 Å². The molecular weight excluding hydrogens is 206 g/mol. The molecule has 2 heterocycles. The highest BCUT2D eigenvalue weighted by atomic mass is 35.5. The van der Waals surface area contributed by atoms with Crippen molar-refractivity contribution in [3.05, 3.63) is 30.7 Å². The lowest BCUT2D eigenvalue weighted by molar-refractivity contribution is 1.33. The smallest absolute Gasteiger partial charge is 0.180 e. The molecule has 0 fully saturated rings. The quantitative estimate of drug-likeness (QED) is 0.790. The first-order valence-electron chi connectivity index (χ1n) is 3.48. The van der Waals surface area contributed by atoms with Gasteiger partial charge in [0.2, 0.25) is 0 Å². The number of hydrogen-bond donors (Lipinski definition) is 1. The maximum Gasteiger partial charge on any atom is 0.180 e. The summed E-state index contributed by atoms with van der Waals surface area (Å²) in [6.07, 6.45) is 5.30. The van der Waals surface area contributed by atoms with E-state index in [-0.39, 0.29) is 12.4 Å². The molecule has 0 saturated carbocycles. The third-order valence-electron chi connectivity index (χ3n) is 1.47. The van der Waals surface area contributed by atoms with Gasteiger partial charge in [0, 0.05) is 24.2 Å². The zero-order valence-corrected chi connectivity index (χ0v) is 8.31. The molecule has 0 unspecified atom stereocenters. The molecule has 68 valence electrons. The van der Waals surface area contributed by atoms with Crippen LogP contribution in [-0.2, 0) is 0 Å². The molecule has 2 rings (SSSR count). The molecule has 2 N–H and O–H groups in total. The number of halogens is 1. The zero-order valence-electron chi connectivity index (χ0n) is 6.68.